The topological polar surface area (TPSA) is 65.0 Å². The zero-order valence-electron chi connectivity index (χ0n) is 11.4. The summed E-state index contributed by atoms with van der Waals surface area (Å²) in [6, 6.07) is 6.49. The molecule has 0 saturated carbocycles. The number of ether oxygens (including phenoxy) is 1. The molecule has 0 N–H and O–H groups in total. The van der Waals surface area contributed by atoms with Crippen LogP contribution in [0.25, 0.3) is 22.2 Å². The molecule has 0 fully saturated rings. The number of benzene rings is 1. The third-order valence-electron chi connectivity index (χ3n) is 3.14. The second-order valence-electron chi connectivity index (χ2n) is 4.42. The van der Waals surface area contributed by atoms with Gasteiger partial charge in [-0.05, 0) is 29.8 Å². The Morgan fingerprint density at radius 1 is 1.27 bits per heavy atom. The smallest absolute Gasteiger partial charge is 0.338 e. The van der Waals surface area contributed by atoms with E-state index in [0.29, 0.717) is 22.0 Å². The van der Waals surface area contributed by atoms with Crippen LogP contribution in [0.1, 0.15) is 10.4 Å². The molecule has 22 heavy (non-hydrogen) atoms. The standard InChI is InChI=1S/C15H9ClFN3O2/c1-22-14(21)9-4-5-18-12-3-2-8(6-10(9)12)13-11(17)7-19-15(16)20-13/h2-7H,1H3. The molecule has 0 aliphatic carbocycles. The summed E-state index contributed by atoms with van der Waals surface area (Å²) in [5.74, 6) is -1.10. The number of carbonyl (C=O) groups is 1. The molecule has 0 aliphatic rings. The summed E-state index contributed by atoms with van der Waals surface area (Å²) in [7, 11) is 1.29. The molecule has 0 amide bonds. The molecule has 5 nitrogen and oxygen atoms in total. The summed E-state index contributed by atoms with van der Waals surface area (Å²) >= 11 is 5.71. The van der Waals surface area contributed by atoms with E-state index in [0.717, 1.165) is 6.20 Å². The van der Waals surface area contributed by atoms with Crippen molar-refractivity contribution in [3.05, 3.63) is 53.3 Å². The number of carbonyl (C=O) groups excluding carboxylic acids is 1. The van der Waals surface area contributed by atoms with Gasteiger partial charge < -0.3 is 4.74 Å². The lowest BCUT2D eigenvalue weighted by atomic mass is 10.0. The van der Waals surface area contributed by atoms with Gasteiger partial charge in [-0.1, -0.05) is 6.07 Å². The summed E-state index contributed by atoms with van der Waals surface area (Å²) in [6.07, 6.45) is 2.51. The van der Waals surface area contributed by atoms with Gasteiger partial charge in [0.05, 0.1) is 24.4 Å². The highest BCUT2D eigenvalue weighted by Gasteiger charge is 2.14. The van der Waals surface area contributed by atoms with Crippen molar-refractivity contribution in [2.75, 3.05) is 7.11 Å². The van der Waals surface area contributed by atoms with Gasteiger partial charge in [0.1, 0.15) is 5.69 Å². The van der Waals surface area contributed by atoms with E-state index in [4.69, 9.17) is 16.3 Å². The number of pyridine rings is 1. The Hall–Kier alpha value is -2.60. The van der Waals surface area contributed by atoms with Crippen LogP contribution >= 0.6 is 11.6 Å². The van der Waals surface area contributed by atoms with Crippen LogP contribution in [-0.2, 0) is 4.74 Å². The van der Waals surface area contributed by atoms with Gasteiger partial charge in [-0.2, -0.15) is 0 Å². The van der Waals surface area contributed by atoms with E-state index in [9.17, 15) is 9.18 Å². The number of rotatable bonds is 2. The van der Waals surface area contributed by atoms with Gasteiger partial charge in [-0.15, -0.1) is 0 Å². The monoisotopic (exact) mass is 317 g/mol. The summed E-state index contributed by atoms with van der Waals surface area (Å²) in [4.78, 5) is 23.5. The van der Waals surface area contributed by atoms with Crippen molar-refractivity contribution < 1.29 is 13.9 Å². The zero-order chi connectivity index (χ0) is 15.7. The molecule has 0 saturated heterocycles. The van der Waals surface area contributed by atoms with E-state index >= 15 is 0 Å². The number of aromatic nitrogens is 3. The van der Waals surface area contributed by atoms with E-state index < -0.39 is 11.8 Å². The fraction of sp³-hybridized carbons (Fsp3) is 0.0667. The first-order valence-corrected chi connectivity index (χ1v) is 6.63. The van der Waals surface area contributed by atoms with Gasteiger partial charge in [0.25, 0.3) is 0 Å². The van der Waals surface area contributed by atoms with Crippen molar-refractivity contribution >= 4 is 28.5 Å². The highest BCUT2D eigenvalue weighted by molar-refractivity contribution is 6.28. The predicted molar refractivity (Wildman–Crippen MR) is 79.1 cm³/mol. The quantitative estimate of drug-likeness (QED) is 0.536. The summed E-state index contributed by atoms with van der Waals surface area (Å²) < 4.78 is 18.6. The minimum Gasteiger partial charge on any atom is -0.465 e. The molecule has 0 spiro atoms. The maximum absolute atomic E-state index is 13.9. The number of nitrogens with zero attached hydrogens (tertiary/aromatic N) is 3. The Bertz CT molecular complexity index is 886. The number of hydrogen-bond acceptors (Lipinski definition) is 5. The third kappa shape index (κ3) is 2.48. The average Bonchev–Trinajstić information content (AvgIpc) is 2.55. The molecule has 0 aliphatic heterocycles. The number of fused-ring (bicyclic) bond motifs is 1. The molecule has 2 heterocycles. The third-order valence-corrected chi connectivity index (χ3v) is 3.32. The van der Waals surface area contributed by atoms with Gasteiger partial charge >= 0.3 is 5.97 Å². The summed E-state index contributed by atoms with van der Waals surface area (Å²) in [5.41, 5.74) is 1.45. The Morgan fingerprint density at radius 2 is 2.09 bits per heavy atom. The average molecular weight is 318 g/mol. The molecule has 0 atom stereocenters. The molecule has 3 aromatic rings. The van der Waals surface area contributed by atoms with Crippen molar-refractivity contribution in [1.82, 2.24) is 15.0 Å². The maximum atomic E-state index is 13.9. The van der Waals surface area contributed by atoms with Crippen molar-refractivity contribution in [1.29, 1.82) is 0 Å². The van der Waals surface area contributed by atoms with Crippen LogP contribution in [0.5, 0.6) is 0 Å². The van der Waals surface area contributed by atoms with Crippen LogP contribution in [0, 0.1) is 5.82 Å². The van der Waals surface area contributed by atoms with Gasteiger partial charge in [0.2, 0.25) is 5.28 Å². The largest absolute Gasteiger partial charge is 0.465 e. The van der Waals surface area contributed by atoms with Gasteiger partial charge in [0, 0.05) is 17.1 Å². The fourth-order valence-corrected chi connectivity index (χ4v) is 2.26. The summed E-state index contributed by atoms with van der Waals surface area (Å²) in [5, 5.41) is 0.483. The van der Waals surface area contributed by atoms with Crippen LogP contribution in [0.3, 0.4) is 0 Å². The Morgan fingerprint density at radius 3 is 2.86 bits per heavy atom. The van der Waals surface area contributed by atoms with Gasteiger partial charge in [-0.25, -0.2) is 19.2 Å². The molecule has 3 rings (SSSR count). The Balaban J connectivity index is 2.25. The first-order chi connectivity index (χ1) is 10.6. The second-order valence-corrected chi connectivity index (χ2v) is 4.76. The van der Waals surface area contributed by atoms with Crippen molar-refractivity contribution in [3.63, 3.8) is 0 Å². The molecular formula is C15H9ClFN3O2. The van der Waals surface area contributed by atoms with Gasteiger partial charge in [0.15, 0.2) is 5.82 Å². The molecule has 1 aromatic carbocycles. The molecule has 7 heteroatoms. The van der Waals surface area contributed by atoms with E-state index in [2.05, 4.69) is 15.0 Å². The highest BCUT2D eigenvalue weighted by atomic mass is 35.5. The van der Waals surface area contributed by atoms with Crippen molar-refractivity contribution in [2.24, 2.45) is 0 Å². The molecule has 0 unspecified atom stereocenters. The predicted octanol–water partition coefficient (Wildman–Crippen LogP) is 3.27. The minimum absolute atomic E-state index is 0.0570. The maximum Gasteiger partial charge on any atom is 0.338 e. The minimum atomic E-state index is -0.604. The summed E-state index contributed by atoms with van der Waals surface area (Å²) in [6.45, 7) is 0. The normalized spacial score (nSPS) is 10.7. The van der Waals surface area contributed by atoms with Crippen LogP contribution < -0.4 is 0 Å². The Kier molecular flexibility index (Phi) is 3.68. The van der Waals surface area contributed by atoms with E-state index in [1.807, 2.05) is 0 Å². The lowest BCUT2D eigenvalue weighted by Crippen LogP contribution is -2.03. The number of esters is 1. The van der Waals surface area contributed by atoms with Crippen LogP contribution in [0.4, 0.5) is 4.39 Å². The number of halogens is 2. The van der Waals surface area contributed by atoms with E-state index in [-0.39, 0.29) is 11.0 Å². The lowest BCUT2D eigenvalue weighted by molar-refractivity contribution is 0.0603. The van der Waals surface area contributed by atoms with E-state index in [1.54, 1.807) is 24.3 Å². The first-order valence-electron chi connectivity index (χ1n) is 6.25. The number of methoxy groups -OCH3 is 1. The fourth-order valence-electron chi connectivity index (χ4n) is 2.13. The zero-order valence-corrected chi connectivity index (χ0v) is 12.1. The molecule has 0 bridgehead atoms. The lowest BCUT2D eigenvalue weighted by Gasteiger charge is -2.07. The Labute approximate surface area is 129 Å². The number of hydrogen-bond donors (Lipinski definition) is 0. The highest BCUT2D eigenvalue weighted by Crippen LogP contribution is 2.27. The van der Waals surface area contributed by atoms with Crippen molar-refractivity contribution in [3.8, 4) is 11.3 Å². The molecule has 2 aromatic heterocycles. The van der Waals surface area contributed by atoms with Crippen LogP contribution in [-0.4, -0.2) is 28.0 Å². The molecule has 0 radical (unpaired) electrons. The SMILES string of the molecule is COC(=O)c1ccnc2ccc(-c3nc(Cl)ncc3F)cc12. The molecule has 110 valence electrons. The first kappa shape index (κ1) is 14.3. The van der Waals surface area contributed by atoms with Crippen LogP contribution in [0.2, 0.25) is 5.28 Å². The van der Waals surface area contributed by atoms with Crippen molar-refractivity contribution in [2.45, 2.75) is 0 Å². The van der Waals surface area contributed by atoms with E-state index in [1.165, 1.54) is 13.3 Å². The van der Waals surface area contributed by atoms with Gasteiger partial charge in [-0.3, -0.25) is 4.98 Å². The molecular weight excluding hydrogens is 309 g/mol. The second kappa shape index (κ2) is 5.65. The van der Waals surface area contributed by atoms with Crippen LogP contribution in [0.15, 0.2) is 36.7 Å².